The van der Waals surface area contributed by atoms with Gasteiger partial charge in [-0.1, -0.05) is 36.4 Å². The van der Waals surface area contributed by atoms with Gasteiger partial charge in [0.05, 0.1) is 5.56 Å². The van der Waals surface area contributed by atoms with Crippen LogP contribution in [0.5, 0.6) is 5.75 Å². The molecular formula is C20H24N2O3. The van der Waals surface area contributed by atoms with Crippen molar-refractivity contribution in [2.24, 2.45) is 0 Å². The Morgan fingerprint density at radius 1 is 1.08 bits per heavy atom. The summed E-state index contributed by atoms with van der Waals surface area (Å²) in [6.07, 6.45) is 0.757. The van der Waals surface area contributed by atoms with Crippen molar-refractivity contribution in [1.29, 1.82) is 0 Å². The molecule has 5 nitrogen and oxygen atoms in total. The Kier molecular flexibility index (Phi) is 6.57. The minimum atomic E-state index is -0.246. The van der Waals surface area contributed by atoms with Crippen molar-refractivity contribution in [3.63, 3.8) is 0 Å². The average Bonchev–Trinajstić information content (AvgIpc) is 2.61. The van der Waals surface area contributed by atoms with Gasteiger partial charge < -0.3 is 15.4 Å². The summed E-state index contributed by atoms with van der Waals surface area (Å²) in [5.74, 6) is -0.0692. The normalized spacial score (nSPS) is 11.5. The maximum atomic E-state index is 12.1. The van der Waals surface area contributed by atoms with Crippen LogP contribution in [0.3, 0.4) is 0 Å². The first-order valence-corrected chi connectivity index (χ1v) is 8.29. The lowest BCUT2D eigenvalue weighted by atomic mass is 10.0. The fraction of sp³-hybridized carbons (Fsp3) is 0.300. The molecule has 0 aliphatic rings. The van der Waals surface area contributed by atoms with Gasteiger partial charge in [-0.2, -0.15) is 0 Å². The van der Waals surface area contributed by atoms with Crippen molar-refractivity contribution < 1.29 is 14.3 Å². The van der Waals surface area contributed by atoms with Crippen molar-refractivity contribution in [2.75, 3.05) is 13.7 Å². The van der Waals surface area contributed by atoms with Crippen LogP contribution in [-0.4, -0.2) is 31.5 Å². The lowest BCUT2D eigenvalue weighted by Gasteiger charge is -2.16. The van der Waals surface area contributed by atoms with E-state index in [4.69, 9.17) is 4.74 Å². The lowest BCUT2D eigenvalue weighted by molar-refractivity contribution is -0.123. The summed E-state index contributed by atoms with van der Waals surface area (Å²) < 4.78 is 5.52. The number of hydrogen-bond donors (Lipinski definition) is 2. The number of rotatable bonds is 7. The highest BCUT2D eigenvalue weighted by Crippen LogP contribution is 2.17. The number of ether oxygens (including phenoxy) is 1. The van der Waals surface area contributed by atoms with Crippen LogP contribution in [-0.2, 0) is 11.2 Å². The first-order valence-electron chi connectivity index (χ1n) is 8.29. The summed E-state index contributed by atoms with van der Waals surface area (Å²) in [6, 6.07) is 15.0. The molecule has 132 valence electrons. The predicted octanol–water partition coefficient (Wildman–Crippen LogP) is 2.48. The van der Waals surface area contributed by atoms with E-state index in [1.807, 2.05) is 19.1 Å². The second-order valence-corrected chi connectivity index (χ2v) is 5.96. The largest absolute Gasteiger partial charge is 0.483 e. The van der Waals surface area contributed by atoms with Crippen LogP contribution in [0.25, 0.3) is 0 Å². The molecule has 2 amide bonds. The number of carbonyl (C=O) groups is 2. The highest BCUT2D eigenvalue weighted by atomic mass is 16.5. The van der Waals surface area contributed by atoms with Gasteiger partial charge in [0.2, 0.25) is 0 Å². The third-order valence-corrected chi connectivity index (χ3v) is 3.91. The van der Waals surface area contributed by atoms with E-state index in [-0.39, 0.29) is 24.5 Å². The van der Waals surface area contributed by atoms with Gasteiger partial charge in [0.1, 0.15) is 5.75 Å². The number of amides is 2. The van der Waals surface area contributed by atoms with Crippen molar-refractivity contribution in [1.82, 2.24) is 10.6 Å². The van der Waals surface area contributed by atoms with Crippen molar-refractivity contribution in [3.05, 3.63) is 65.2 Å². The van der Waals surface area contributed by atoms with Gasteiger partial charge in [-0.05, 0) is 43.5 Å². The number of para-hydroxylation sites is 1. The van der Waals surface area contributed by atoms with E-state index in [1.165, 1.54) is 11.1 Å². The van der Waals surface area contributed by atoms with Gasteiger partial charge in [-0.25, -0.2) is 0 Å². The van der Waals surface area contributed by atoms with E-state index in [0.717, 1.165) is 6.42 Å². The van der Waals surface area contributed by atoms with Crippen molar-refractivity contribution in [2.45, 2.75) is 26.3 Å². The first kappa shape index (κ1) is 18.5. The quantitative estimate of drug-likeness (QED) is 0.814. The summed E-state index contributed by atoms with van der Waals surface area (Å²) in [7, 11) is 1.55. The molecule has 0 aliphatic carbocycles. The van der Waals surface area contributed by atoms with Gasteiger partial charge in [0.25, 0.3) is 11.8 Å². The minimum Gasteiger partial charge on any atom is -0.483 e. The molecule has 2 N–H and O–H groups in total. The van der Waals surface area contributed by atoms with Gasteiger partial charge in [-0.3, -0.25) is 9.59 Å². The highest BCUT2D eigenvalue weighted by Gasteiger charge is 2.13. The summed E-state index contributed by atoms with van der Waals surface area (Å²) in [5, 5.41) is 5.48. The standard InChI is InChI=1S/C20H24N2O3/c1-14-8-4-5-9-16(14)12-15(2)22-19(23)13-25-18-11-7-6-10-17(18)20(24)21-3/h4-11,15H,12-13H2,1-3H3,(H,21,24)(H,22,23)/t15-/m0/s1. The molecular weight excluding hydrogens is 316 g/mol. The van der Waals surface area contributed by atoms with Crippen LogP contribution in [0.15, 0.2) is 48.5 Å². The summed E-state index contributed by atoms with van der Waals surface area (Å²) in [6.45, 7) is 3.89. The topological polar surface area (TPSA) is 67.4 Å². The second kappa shape index (κ2) is 8.87. The molecule has 1 atom stereocenters. The fourth-order valence-corrected chi connectivity index (χ4v) is 2.59. The van der Waals surface area contributed by atoms with E-state index >= 15 is 0 Å². The van der Waals surface area contributed by atoms with Crippen LogP contribution >= 0.6 is 0 Å². The molecule has 0 bridgehead atoms. The summed E-state index contributed by atoms with van der Waals surface area (Å²) >= 11 is 0. The SMILES string of the molecule is CNC(=O)c1ccccc1OCC(=O)N[C@@H](C)Cc1ccccc1C. The molecule has 0 spiro atoms. The maximum Gasteiger partial charge on any atom is 0.258 e. The number of nitrogens with one attached hydrogen (secondary N) is 2. The minimum absolute atomic E-state index is 0.00798. The average molecular weight is 340 g/mol. The zero-order valence-corrected chi connectivity index (χ0v) is 14.8. The van der Waals surface area contributed by atoms with E-state index in [9.17, 15) is 9.59 Å². The molecule has 0 radical (unpaired) electrons. The Morgan fingerprint density at radius 2 is 1.76 bits per heavy atom. The highest BCUT2D eigenvalue weighted by molar-refractivity contribution is 5.96. The summed E-state index contributed by atoms with van der Waals surface area (Å²) in [4.78, 5) is 23.9. The Balaban J connectivity index is 1.89. The van der Waals surface area contributed by atoms with E-state index < -0.39 is 0 Å². The summed E-state index contributed by atoms with van der Waals surface area (Å²) in [5.41, 5.74) is 2.83. The van der Waals surface area contributed by atoms with Gasteiger partial charge in [0, 0.05) is 13.1 Å². The van der Waals surface area contributed by atoms with Crippen LogP contribution < -0.4 is 15.4 Å². The zero-order chi connectivity index (χ0) is 18.2. The molecule has 2 aromatic rings. The van der Waals surface area contributed by atoms with Gasteiger partial charge in [0.15, 0.2) is 6.61 Å². The lowest BCUT2D eigenvalue weighted by Crippen LogP contribution is -2.37. The molecule has 0 unspecified atom stereocenters. The Labute approximate surface area is 148 Å². The maximum absolute atomic E-state index is 12.1. The molecule has 0 saturated heterocycles. The molecule has 0 aromatic heterocycles. The van der Waals surface area contributed by atoms with Crippen LogP contribution in [0, 0.1) is 6.92 Å². The third-order valence-electron chi connectivity index (χ3n) is 3.91. The Bertz CT molecular complexity index is 743. The van der Waals surface area contributed by atoms with E-state index in [1.54, 1.807) is 31.3 Å². The van der Waals surface area contributed by atoms with E-state index in [2.05, 4.69) is 29.7 Å². The molecule has 0 saturated carbocycles. The van der Waals surface area contributed by atoms with E-state index in [0.29, 0.717) is 11.3 Å². The number of hydrogen-bond acceptors (Lipinski definition) is 3. The molecule has 0 heterocycles. The molecule has 2 rings (SSSR count). The Morgan fingerprint density at radius 3 is 2.48 bits per heavy atom. The first-order chi connectivity index (χ1) is 12.0. The molecule has 2 aromatic carbocycles. The van der Waals surface area contributed by atoms with Gasteiger partial charge >= 0.3 is 0 Å². The third kappa shape index (κ3) is 5.35. The van der Waals surface area contributed by atoms with Crippen LogP contribution in [0.1, 0.15) is 28.4 Å². The van der Waals surface area contributed by atoms with Crippen LogP contribution in [0.4, 0.5) is 0 Å². The monoisotopic (exact) mass is 340 g/mol. The number of carbonyl (C=O) groups excluding carboxylic acids is 2. The smallest absolute Gasteiger partial charge is 0.258 e. The Hall–Kier alpha value is -2.82. The molecule has 0 aliphatic heterocycles. The molecule has 5 heteroatoms. The fourth-order valence-electron chi connectivity index (χ4n) is 2.59. The van der Waals surface area contributed by atoms with Crippen molar-refractivity contribution in [3.8, 4) is 5.75 Å². The molecule has 0 fully saturated rings. The van der Waals surface area contributed by atoms with Crippen molar-refractivity contribution >= 4 is 11.8 Å². The second-order valence-electron chi connectivity index (χ2n) is 5.96. The number of aryl methyl sites for hydroxylation is 1. The van der Waals surface area contributed by atoms with Gasteiger partial charge in [-0.15, -0.1) is 0 Å². The number of benzene rings is 2. The molecule has 25 heavy (non-hydrogen) atoms. The zero-order valence-electron chi connectivity index (χ0n) is 14.8. The van der Waals surface area contributed by atoms with Crippen LogP contribution in [0.2, 0.25) is 0 Å². The predicted molar refractivity (Wildman–Crippen MR) is 97.8 cm³/mol.